The Hall–Kier alpha value is -4.06. The summed E-state index contributed by atoms with van der Waals surface area (Å²) in [5, 5.41) is 3.16. The van der Waals surface area contributed by atoms with Gasteiger partial charge in [0, 0.05) is 21.5 Å². The molecule has 3 atom stereocenters. The number of nitrogens with one attached hydrogen (secondary N) is 2. The van der Waals surface area contributed by atoms with Crippen molar-refractivity contribution < 1.29 is 23.9 Å². The number of aromatic amines is 1. The van der Waals surface area contributed by atoms with Gasteiger partial charge in [-0.1, -0.05) is 46.8 Å². The molecule has 0 aliphatic carbocycles. The van der Waals surface area contributed by atoms with Crippen LogP contribution in [0.25, 0.3) is 0 Å². The van der Waals surface area contributed by atoms with Crippen LogP contribution in [0.5, 0.6) is 11.5 Å². The van der Waals surface area contributed by atoms with Crippen molar-refractivity contribution in [3.05, 3.63) is 97.9 Å². The monoisotopic (exact) mass is 607 g/mol. The van der Waals surface area contributed by atoms with Crippen LogP contribution in [0.4, 0.5) is 11.4 Å². The van der Waals surface area contributed by atoms with E-state index in [-0.39, 0.29) is 29.2 Å². The molecule has 0 bridgehead atoms. The van der Waals surface area contributed by atoms with Gasteiger partial charge in [0.05, 0.1) is 23.7 Å². The summed E-state index contributed by atoms with van der Waals surface area (Å²) in [6, 6.07) is 20.5. The number of amides is 3. The molecule has 1 fully saturated rings. The minimum Gasteiger partial charge on any atom is -0.497 e. The molecule has 2 aliphatic heterocycles. The summed E-state index contributed by atoms with van der Waals surface area (Å²) in [6.07, 6.45) is 0. The van der Waals surface area contributed by atoms with Gasteiger partial charge in [-0.2, -0.15) is 0 Å². The maximum absolute atomic E-state index is 13.8. The van der Waals surface area contributed by atoms with Gasteiger partial charge in [0.15, 0.2) is 6.61 Å². The molecule has 2 N–H and O–H groups in total. The van der Waals surface area contributed by atoms with Crippen LogP contribution in [0.2, 0.25) is 5.02 Å². The molecule has 1 saturated heterocycles. The summed E-state index contributed by atoms with van der Waals surface area (Å²) in [4.78, 5) is 56.4. The number of H-pyrrole nitrogens is 1. The lowest BCUT2D eigenvalue weighted by Gasteiger charge is -2.29. The number of rotatable bonds is 7. The Balaban J connectivity index is 1.22. The van der Waals surface area contributed by atoms with Crippen LogP contribution in [0, 0.1) is 5.92 Å². The molecule has 3 amide bonds. The first-order chi connectivity index (χ1) is 19.8. The maximum Gasteiger partial charge on any atom is 0.305 e. The molecule has 2 aliphatic rings. The third kappa shape index (κ3) is 5.23. The van der Waals surface area contributed by atoms with Gasteiger partial charge in [-0.3, -0.25) is 19.2 Å². The number of carbonyl (C=O) groups is 3. The summed E-state index contributed by atoms with van der Waals surface area (Å²) in [6.45, 7) is -0.206. The molecule has 12 heteroatoms. The minimum atomic E-state index is -0.704. The van der Waals surface area contributed by atoms with Gasteiger partial charge in [-0.15, -0.1) is 0 Å². The number of ether oxygens (including phenoxy) is 2. The standard InChI is InChI=1S/C29H22ClN3O6S2/c1-38-19-12-6-17(7-13-19)31-21(34)14-39-20-10-2-15(3-11-20)22-23-25(40-26-24(22)41-29(37)32-26)28(36)33(27(23)35)18-8-4-16(30)5-9-18/h2-13,22-23,25H,14H2,1H3,(H,31,34)(H,32,37). The number of anilines is 2. The lowest BCUT2D eigenvalue weighted by atomic mass is 9.83. The van der Waals surface area contributed by atoms with E-state index in [0.717, 1.165) is 16.9 Å². The molecule has 3 unspecified atom stereocenters. The number of benzene rings is 3. The zero-order valence-electron chi connectivity index (χ0n) is 21.5. The number of carbonyl (C=O) groups excluding carboxylic acids is 3. The van der Waals surface area contributed by atoms with E-state index in [9.17, 15) is 19.2 Å². The van der Waals surface area contributed by atoms with Gasteiger partial charge < -0.3 is 19.8 Å². The van der Waals surface area contributed by atoms with Crippen molar-refractivity contribution in [2.24, 2.45) is 5.92 Å². The quantitative estimate of drug-likeness (QED) is 0.287. The molecule has 208 valence electrons. The van der Waals surface area contributed by atoms with Crippen LogP contribution >= 0.6 is 34.7 Å². The predicted octanol–water partition coefficient (Wildman–Crippen LogP) is 4.91. The van der Waals surface area contributed by atoms with Crippen LogP contribution in [0.1, 0.15) is 16.4 Å². The number of thioether (sulfide) groups is 1. The number of halogens is 1. The van der Waals surface area contributed by atoms with Gasteiger partial charge in [0.1, 0.15) is 16.7 Å². The number of nitrogens with zero attached hydrogens (tertiary/aromatic N) is 1. The summed E-state index contributed by atoms with van der Waals surface area (Å²) in [5.74, 6) is -1.07. The molecule has 6 rings (SSSR count). The summed E-state index contributed by atoms with van der Waals surface area (Å²) >= 11 is 8.28. The van der Waals surface area contributed by atoms with Gasteiger partial charge in [-0.25, -0.2) is 4.90 Å². The van der Waals surface area contributed by atoms with E-state index >= 15 is 0 Å². The Morgan fingerprint density at radius 1 is 0.951 bits per heavy atom. The molecule has 0 spiro atoms. The lowest BCUT2D eigenvalue weighted by Crippen LogP contribution is -2.32. The van der Waals surface area contributed by atoms with Crippen molar-refractivity contribution in [1.82, 2.24) is 4.98 Å². The second kappa shape index (κ2) is 11.1. The number of methoxy groups -OCH3 is 1. The molecule has 41 heavy (non-hydrogen) atoms. The summed E-state index contributed by atoms with van der Waals surface area (Å²) in [5.41, 5.74) is 1.82. The third-order valence-corrected chi connectivity index (χ3v) is 9.54. The van der Waals surface area contributed by atoms with Crippen molar-refractivity contribution in [2.75, 3.05) is 23.9 Å². The van der Waals surface area contributed by atoms with E-state index in [4.69, 9.17) is 21.1 Å². The Kier molecular flexibility index (Phi) is 7.33. The van der Waals surface area contributed by atoms with Crippen molar-refractivity contribution in [3.63, 3.8) is 0 Å². The normalized spacial score (nSPS) is 19.5. The van der Waals surface area contributed by atoms with Crippen LogP contribution in [-0.4, -0.2) is 41.7 Å². The van der Waals surface area contributed by atoms with Crippen LogP contribution in [0.3, 0.4) is 0 Å². The number of hydrogen-bond donors (Lipinski definition) is 2. The highest BCUT2D eigenvalue weighted by Crippen LogP contribution is 2.53. The zero-order valence-corrected chi connectivity index (χ0v) is 23.8. The minimum absolute atomic E-state index is 0.206. The fourth-order valence-electron chi connectivity index (χ4n) is 5.01. The highest BCUT2D eigenvalue weighted by Gasteiger charge is 2.56. The highest BCUT2D eigenvalue weighted by molar-refractivity contribution is 8.00. The molecule has 0 radical (unpaired) electrons. The molecule has 4 aromatic rings. The Morgan fingerprint density at radius 2 is 1.63 bits per heavy atom. The number of thiazole rings is 1. The smallest absolute Gasteiger partial charge is 0.305 e. The summed E-state index contributed by atoms with van der Waals surface area (Å²) in [7, 11) is 1.57. The molecule has 0 saturated carbocycles. The Labute approximate surface area is 247 Å². The van der Waals surface area contributed by atoms with E-state index in [1.807, 2.05) is 0 Å². The number of hydrogen-bond acceptors (Lipinski definition) is 8. The van der Waals surface area contributed by atoms with E-state index in [1.165, 1.54) is 16.7 Å². The first-order valence-corrected chi connectivity index (χ1v) is 14.6. The van der Waals surface area contributed by atoms with E-state index < -0.39 is 17.1 Å². The Bertz CT molecular complexity index is 1690. The van der Waals surface area contributed by atoms with Gasteiger partial charge in [0.2, 0.25) is 11.8 Å². The van der Waals surface area contributed by atoms with E-state index in [0.29, 0.717) is 37.8 Å². The van der Waals surface area contributed by atoms with E-state index in [1.54, 1.807) is 79.9 Å². The first kappa shape index (κ1) is 27.1. The number of imide groups is 1. The molecule has 3 aromatic carbocycles. The topological polar surface area (TPSA) is 118 Å². The van der Waals surface area contributed by atoms with Gasteiger partial charge in [-0.05, 0) is 66.2 Å². The van der Waals surface area contributed by atoms with Crippen molar-refractivity contribution in [2.45, 2.75) is 16.2 Å². The maximum atomic E-state index is 13.8. The summed E-state index contributed by atoms with van der Waals surface area (Å²) < 4.78 is 10.8. The zero-order chi connectivity index (χ0) is 28.7. The van der Waals surface area contributed by atoms with Crippen LogP contribution in [-0.2, 0) is 14.4 Å². The SMILES string of the molecule is COc1ccc(NC(=O)COc2ccc(C3c4sc(=O)[nH]c4SC4C(=O)N(c5ccc(Cl)cc5)C(=O)C43)cc2)cc1. The highest BCUT2D eigenvalue weighted by atomic mass is 35.5. The fourth-order valence-corrected chi connectivity index (χ4v) is 7.65. The van der Waals surface area contributed by atoms with Crippen LogP contribution < -0.4 is 24.6 Å². The number of fused-ring (bicyclic) bond motifs is 2. The van der Waals surface area contributed by atoms with Gasteiger partial charge in [0.25, 0.3) is 5.91 Å². The molecular weight excluding hydrogens is 586 g/mol. The van der Waals surface area contributed by atoms with Gasteiger partial charge >= 0.3 is 4.87 Å². The predicted molar refractivity (Wildman–Crippen MR) is 157 cm³/mol. The molecule has 9 nitrogen and oxygen atoms in total. The first-order valence-electron chi connectivity index (χ1n) is 12.5. The second-order valence-corrected chi connectivity index (χ2v) is 12.0. The van der Waals surface area contributed by atoms with Crippen molar-refractivity contribution >= 4 is 63.8 Å². The second-order valence-electron chi connectivity index (χ2n) is 9.37. The average Bonchev–Trinajstić information content (AvgIpc) is 3.47. The average molecular weight is 608 g/mol. The third-order valence-electron chi connectivity index (χ3n) is 6.89. The number of aromatic nitrogens is 1. The molecular formula is C29H22ClN3O6S2. The van der Waals surface area contributed by atoms with Crippen LogP contribution in [0.15, 0.2) is 82.6 Å². The Morgan fingerprint density at radius 3 is 2.32 bits per heavy atom. The lowest BCUT2D eigenvalue weighted by molar-refractivity contribution is -0.122. The van der Waals surface area contributed by atoms with E-state index in [2.05, 4.69) is 10.3 Å². The van der Waals surface area contributed by atoms with Crippen molar-refractivity contribution in [3.8, 4) is 11.5 Å². The largest absolute Gasteiger partial charge is 0.497 e. The van der Waals surface area contributed by atoms with Crippen molar-refractivity contribution in [1.29, 1.82) is 0 Å². The molecule has 3 heterocycles. The fraction of sp³-hybridized carbons (Fsp3) is 0.172. The molecule has 1 aromatic heterocycles.